The van der Waals surface area contributed by atoms with Crippen molar-refractivity contribution in [3.8, 4) is 0 Å². The van der Waals surface area contributed by atoms with Crippen molar-refractivity contribution >= 4 is 24.8 Å². The Bertz CT molecular complexity index is 318. The van der Waals surface area contributed by atoms with Gasteiger partial charge in [0.05, 0.1) is 0 Å². The predicted molar refractivity (Wildman–Crippen MR) is 73.9 cm³/mol. The maximum atomic E-state index is 6.14. The first kappa shape index (κ1) is 15.7. The van der Waals surface area contributed by atoms with Crippen molar-refractivity contribution in [2.75, 3.05) is 13.1 Å². The van der Waals surface area contributed by atoms with E-state index in [-0.39, 0.29) is 24.8 Å². The van der Waals surface area contributed by atoms with E-state index in [9.17, 15) is 0 Å². The highest BCUT2D eigenvalue weighted by molar-refractivity contribution is 5.85. The molecule has 1 aromatic carbocycles. The minimum atomic E-state index is 0. The van der Waals surface area contributed by atoms with E-state index in [4.69, 9.17) is 5.73 Å². The third kappa shape index (κ3) is 3.36. The number of hydrogen-bond acceptors (Lipinski definition) is 2. The summed E-state index contributed by atoms with van der Waals surface area (Å²) in [6.07, 6.45) is 1.08. The SMILES string of the molecule is Cc1ccccc1C1CNCCC1N.Cl.Cl. The van der Waals surface area contributed by atoms with Gasteiger partial charge in [0.15, 0.2) is 0 Å². The molecule has 0 aromatic heterocycles. The Morgan fingerprint density at radius 2 is 1.94 bits per heavy atom. The molecule has 2 unspecified atom stereocenters. The zero-order valence-corrected chi connectivity index (χ0v) is 11.1. The van der Waals surface area contributed by atoms with Crippen molar-refractivity contribution in [3.63, 3.8) is 0 Å². The van der Waals surface area contributed by atoms with E-state index in [1.54, 1.807) is 0 Å². The Balaban J connectivity index is 0.00000112. The maximum absolute atomic E-state index is 6.14. The Morgan fingerprint density at radius 1 is 1.25 bits per heavy atom. The van der Waals surface area contributed by atoms with Crippen molar-refractivity contribution in [1.82, 2.24) is 5.32 Å². The summed E-state index contributed by atoms with van der Waals surface area (Å²) < 4.78 is 0. The molecule has 1 heterocycles. The summed E-state index contributed by atoms with van der Waals surface area (Å²) in [6, 6.07) is 8.87. The van der Waals surface area contributed by atoms with E-state index in [1.807, 2.05) is 0 Å². The fraction of sp³-hybridized carbons (Fsp3) is 0.500. The molecule has 0 bridgehead atoms. The molecule has 1 aliphatic rings. The van der Waals surface area contributed by atoms with Gasteiger partial charge in [0, 0.05) is 18.5 Å². The molecule has 2 atom stereocenters. The number of rotatable bonds is 1. The van der Waals surface area contributed by atoms with Crippen LogP contribution in [0.15, 0.2) is 24.3 Å². The van der Waals surface area contributed by atoms with Crippen molar-refractivity contribution < 1.29 is 0 Å². The molecule has 0 saturated carbocycles. The van der Waals surface area contributed by atoms with E-state index >= 15 is 0 Å². The number of hydrogen-bond donors (Lipinski definition) is 2. The van der Waals surface area contributed by atoms with Gasteiger partial charge in [0.2, 0.25) is 0 Å². The van der Waals surface area contributed by atoms with E-state index in [0.717, 1.165) is 19.5 Å². The van der Waals surface area contributed by atoms with Crippen LogP contribution < -0.4 is 11.1 Å². The highest BCUT2D eigenvalue weighted by atomic mass is 35.5. The van der Waals surface area contributed by atoms with Gasteiger partial charge >= 0.3 is 0 Å². The van der Waals surface area contributed by atoms with Gasteiger partial charge in [-0.1, -0.05) is 24.3 Å². The zero-order valence-electron chi connectivity index (χ0n) is 9.48. The molecule has 3 N–H and O–H groups in total. The molecule has 0 spiro atoms. The van der Waals surface area contributed by atoms with Crippen LogP contribution in [0.3, 0.4) is 0 Å². The monoisotopic (exact) mass is 262 g/mol. The van der Waals surface area contributed by atoms with Gasteiger partial charge in [-0.15, -0.1) is 24.8 Å². The van der Waals surface area contributed by atoms with Gasteiger partial charge in [-0.2, -0.15) is 0 Å². The zero-order chi connectivity index (χ0) is 9.97. The molecule has 4 heteroatoms. The first-order chi connectivity index (χ1) is 6.79. The summed E-state index contributed by atoms with van der Waals surface area (Å²) in [4.78, 5) is 0. The lowest BCUT2D eigenvalue weighted by Gasteiger charge is -2.30. The minimum Gasteiger partial charge on any atom is -0.327 e. The van der Waals surface area contributed by atoms with Crippen molar-refractivity contribution in [2.45, 2.75) is 25.3 Å². The molecule has 1 saturated heterocycles. The van der Waals surface area contributed by atoms with Crippen LogP contribution in [-0.2, 0) is 0 Å². The highest BCUT2D eigenvalue weighted by Gasteiger charge is 2.23. The fourth-order valence-corrected chi connectivity index (χ4v) is 2.22. The summed E-state index contributed by atoms with van der Waals surface area (Å²) in [5.41, 5.74) is 8.91. The first-order valence-electron chi connectivity index (χ1n) is 5.31. The standard InChI is InChI=1S/C12H18N2.2ClH/c1-9-4-2-3-5-10(9)11-8-14-7-6-12(11)13;;/h2-5,11-12,14H,6-8,13H2,1H3;2*1H. The predicted octanol–water partition coefficient (Wildman–Crippen LogP) is 2.24. The van der Waals surface area contributed by atoms with E-state index in [1.165, 1.54) is 11.1 Å². The summed E-state index contributed by atoms with van der Waals surface area (Å²) in [7, 11) is 0. The molecule has 2 rings (SSSR count). The van der Waals surface area contributed by atoms with Crippen LogP contribution in [0, 0.1) is 6.92 Å². The minimum absolute atomic E-state index is 0. The molecule has 16 heavy (non-hydrogen) atoms. The van der Waals surface area contributed by atoms with Crippen molar-refractivity contribution in [2.24, 2.45) is 5.73 Å². The van der Waals surface area contributed by atoms with Crippen LogP contribution in [0.1, 0.15) is 23.5 Å². The third-order valence-electron chi connectivity index (χ3n) is 3.12. The first-order valence-corrected chi connectivity index (χ1v) is 5.31. The molecule has 0 aliphatic carbocycles. The number of nitrogens with two attached hydrogens (primary N) is 1. The largest absolute Gasteiger partial charge is 0.327 e. The lowest BCUT2D eigenvalue weighted by molar-refractivity contribution is 0.402. The molecule has 0 radical (unpaired) electrons. The summed E-state index contributed by atoms with van der Waals surface area (Å²) in [5.74, 6) is 0.491. The van der Waals surface area contributed by atoms with E-state index < -0.39 is 0 Å². The molecule has 0 amide bonds. The van der Waals surface area contributed by atoms with Gasteiger partial charge in [0.1, 0.15) is 0 Å². The van der Waals surface area contributed by atoms with E-state index in [2.05, 4.69) is 36.5 Å². The number of piperidine rings is 1. The second kappa shape index (κ2) is 7.13. The maximum Gasteiger partial charge on any atom is 0.0132 e. The van der Waals surface area contributed by atoms with Crippen LogP contribution in [-0.4, -0.2) is 19.1 Å². The lowest BCUT2D eigenvalue weighted by Crippen LogP contribution is -2.43. The normalized spacial score (nSPS) is 24.1. The molecular formula is C12H20Cl2N2. The molecule has 1 aliphatic heterocycles. The Kier molecular flexibility index (Phi) is 7.00. The Morgan fingerprint density at radius 3 is 2.56 bits per heavy atom. The van der Waals surface area contributed by atoms with Gasteiger partial charge < -0.3 is 11.1 Å². The molecular weight excluding hydrogens is 243 g/mol. The summed E-state index contributed by atoms with van der Waals surface area (Å²) >= 11 is 0. The average Bonchev–Trinajstić information content (AvgIpc) is 2.20. The molecule has 1 fully saturated rings. The number of halogens is 2. The quantitative estimate of drug-likeness (QED) is 0.815. The smallest absolute Gasteiger partial charge is 0.0132 e. The topological polar surface area (TPSA) is 38.0 Å². The van der Waals surface area contributed by atoms with Gasteiger partial charge in [-0.25, -0.2) is 0 Å². The van der Waals surface area contributed by atoms with Gasteiger partial charge in [-0.3, -0.25) is 0 Å². The van der Waals surface area contributed by atoms with Crippen molar-refractivity contribution in [3.05, 3.63) is 35.4 Å². The van der Waals surface area contributed by atoms with Crippen LogP contribution in [0.5, 0.6) is 0 Å². The molecule has 92 valence electrons. The van der Waals surface area contributed by atoms with Crippen LogP contribution in [0.25, 0.3) is 0 Å². The Labute approximate surface area is 110 Å². The van der Waals surface area contributed by atoms with E-state index in [0.29, 0.717) is 12.0 Å². The summed E-state index contributed by atoms with van der Waals surface area (Å²) in [6.45, 7) is 4.24. The fourth-order valence-electron chi connectivity index (χ4n) is 2.22. The van der Waals surface area contributed by atoms with Crippen LogP contribution >= 0.6 is 24.8 Å². The average molecular weight is 263 g/mol. The lowest BCUT2D eigenvalue weighted by atomic mass is 9.85. The molecule has 2 nitrogen and oxygen atoms in total. The second-order valence-electron chi connectivity index (χ2n) is 4.12. The number of benzene rings is 1. The van der Waals surface area contributed by atoms with Gasteiger partial charge in [0.25, 0.3) is 0 Å². The molecule has 1 aromatic rings. The third-order valence-corrected chi connectivity index (χ3v) is 3.12. The van der Waals surface area contributed by atoms with Crippen LogP contribution in [0.2, 0.25) is 0 Å². The Hall–Kier alpha value is -0.280. The van der Waals surface area contributed by atoms with Gasteiger partial charge in [-0.05, 0) is 31.0 Å². The number of nitrogens with one attached hydrogen (secondary N) is 1. The highest BCUT2D eigenvalue weighted by Crippen LogP contribution is 2.24. The summed E-state index contributed by atoms with van der Waals surface area (Å²) in [5, 5.41) is 3.41. The van der Waals surface area contributed by atoms with Crippen LogP contribution in [0.4, 0.5) is 0 Å². The number of aryl methyl sites for hydroxylation is 1. The van der Waals surface area contributed by atoms with Crippen molar-refractivity contribution in [1.29, 1.82) is 0 Å². The second-order valence-corrected chi connectivity index (χ2v) is 4.12.